The Hall–Kier alpha value is -0.520. The molecule has 0 aliphatic rings. The molecule has 0 bridgehead atoms. The summed E-state index contributed by atoms with van der Waals surface area (Å²) in [6, 6.07) is 0. The third-order valence-corrected chi connectivity index (χ3v) is 2.46. The SMILES string of the molecule is [CH2]CCCCCCCC=CC=CCCC. The summed E-state index contributed by atoms with van der Waals surface area (Å²) < 4.78 is 0. The van der Waals surface area contributed by atoms with Gasteiger partial charge in [0.2, 0.25) is 0 Å². The average molecular weight is 207 g/mol. The number of unbranched alkanes of at least 4 members (excludes halogenated alkanes) is 7. The van der Waals surface area contributed by atoms with Crippen LogP contribution in [0.1, 0.15) is 64.7 Å². The Kier molecular flexibility index (Phi) is 13.0. The van der Waals surface area contributed by atoms with Crippen molar-refractivity contribution in [3.8, 4) is 0 Å². The molecule has 0 heteroatoms. The Morgan fingerprint density at radius 1 is 0.800 bits per heavy atom. The monoisotopic (exact) mass is 207 g/mol. The van der Waals surface area contributed by atoms with Crippen LogP contribution in [0, 0.1) is 6.92 Å². The molecule has 15 heavy (non-hydrogen) atoms. The summed E-state index contributed by atoms with van der Waals surface area (Å²) in [7, 11) is 0. The van der Waals surface area contributed by atoms with E-state index in [0.29, 0.717) is 0 Å². The zero-order valence-corrected chi connectivity index (χ0v) is 10.4. The lowest BCUT2D eigenvalue weighted by atomic mass is 10.1. The summed E-state index contributed by atoms with van der Waals surface area (Å²) >= 11 is 0. The predicted octanol–water partition coefficient (Wildman–Crippen LogP) is 5.46. The molecular weight excluding hydrogens is 180 g/mol. The second-order valence-electron chi connectivity index (χ2n) is 4.05. The van der Waals surface area contributed by atoms with Crippen molar-refractivity contribution >= 4 is 0 Å². The first-order chi connectivity index (χ1) is 7.41. The summed E-state index contributed by atoms with van der Waals surface area (Å²) in [5.74, 6) is 0. The van der Waals surface area contributed by atoms with Crippen LogP contribution in [0.4, 0.5) is 0 Å². The van der Waals surface area contributed by atoms with Gasteiger partial charge >= 0.3 is 0 Å². The van der Waals surface area contributed by atoms with Crippen LogP contribution < -0.4 is 0 Å². The highest BCUT2D eigenvalue weighted by Gasteiger charge is 1.87. The highest BCUT2D eigenvalue weighted by Crippen LogP contribution is 2.06. The fraction of sp³-hybridized carbons (Fsp3) is 0.667. The number of hydrogen-bond acceptors (Lipinski definition) is 0. The van der Waals surface area contributed by atoms with Gasteiger partial charge in [-0.05, 0) is 19.3 Å². The van der Waals surface area contributed by atoms with Gasteiger partial charge < -0.3 is 0 Å². The Balaban J connectivity index is 3.09. The van der Waals surface area contributed by atoms with Gasteiger partial charge in [0.05, 0.1) is 0 Å². The second kappa shape index (κ2) is 13.5. The van der Waals surface area contributed by atoms with Gasteiger partial charge in [-0.2, -0.15) is 0 Å². The van der Waals surface area contributed by atoms with Crippen LogP contribution in [0.2, 0.25) is 0 Å². The molecule has 0 amide bonds. The Labute approximate surface area is 96.5 Å². The van der Waals surface area contributed by atoms with Crippen LogP contribution in [0.15, 0.2) is 24.3 Å². The van der Waals surface area contributed by atoms with Gasteiger partial charge in [-0.3, -0.25) is 0 Å². The molecule has 0 spiro atoms. The maximum absolute atomic E-state index is 3.85. The minimum Gasteiger partial charge on any atom is -0.0846 e. The third kappa shape index (κ3) is 13.5. The molecule has 0 aromatic carbocycles. The number of hydrogen-bond donors (Lipinski definition) is 0. The summed E-state index contributed by atoms with van der Waals surface area (Å²) in [6.45, 7) is 6.06. The van der Waals surface area contributed by atoms with E-state index in [2.05, 4.69) is 38.2 Å². The first-order valence-electron chi connectivity index (χ1n) is 6.52. The van der Waals surface area contributed by atoms with Crippen molar-refractivity contribution in [3.63, 3.8) is 0 Å². The lowest BCUT2D eigenvalue weighted by molar-refractivity contribution is 0.621. The van der Waals surface area contributed by atoms with Gasteiger partial charge in [0, 0.05) is 0 Å². The van der Waals surface area contributed by atoms with Crippen molar-refractivity contribution in [2.24, 2.45) is 0 Å². The molecule has 0 aliphatic carbocycles. The van der Waals surface area contributed by atoms with Crippen molar-refractivity contribution in [2.45, 2.75) is 64.7 Å². The van der Waals surface area contributed by atoms with E-state index in [4.69, 9.17) is 0 Å². The van der Waals surface area contributed by atoms with Crippen molar-refractivity contribution in [2.75, 3.05) is 0 Å². The Bertz CT molecular complexity index is 153. The first kappa shape index (κ1) is 14.5. The summed E-state index contributed by atoms with van der Waals surface area (Å²) in [5, 5.41) is 0. The second-order valence-corrected chi connectivity index (χ2v) is 4.05. The molecule has 0 heterocycles. The van der Waals surface area contributed by atoms with E-state index in [1.54, 1.807) is 0 Å². The smallest absolute Gasteiger partial charge is 0.0348 e. The molecular formula is C15H27. The maximum atomic E-state index is 3.85. The van der Waals surface area contributed by atoms with Crippen LogP contribution >= 0.6 is 0 Å². The summed E-state index contributed by atoms with van der Waals surface area (Å²) in [4.78, 5) is 0. The number of allylic oxidation sites excluding steroid dienone is 4. The van der Waals surface area contributed by atoms with Crippen LogP contribution in [-0.2, 0) is 0 Å². The molecule has 0 nitrogen and oxygen atoms in total. The molecule has 0 saturated carbocycles. The van der Waals surface area contributed by atoms with E-state index in [0.717, 1.165) is 6.42 Å². The molecule has 0 aromatic heterocycles. The zero-order chi connectivity index (χ0) is 11.2. The van der Waals surface area contributed by atoms with E-state index in [9.17, 15) is 0 Å². The molecule has 87 valence electrons. The first-order valence-corrected chi connectivity index (χ1v) is 6.52. The topological polar surface area (TPSA) is 0 Å². The van der Waals surface area contributed by atoms with E-state index in [1.807, 2.05) is 0 Å². The Morgan fingerprint density at radius 2 is 1.40 bits per heavy atom. The van der Waals surface area contributed by atoms with Crippen LogP contribution in [0.3, 0.4) is 0 Å². The van der Waals surface area contributed by atoms with E-state index < -0.39 is 0 Å². The van der Waals surface area contributed by atoms with E-state index >= 15 is 0 Å². The molecule has 0 saturated heterocycles. The van der Waals surface area contributed by atoms with Gasteiger partial charge in [0.1, 0.15) is 0 Å². The van der Waals surface area contributed by atoms with Crippen molar-refractivity contribution < 1.29 is 0 Å². The highest BCUT2D eigenvalue weighted by molar-refractivity contribution is 5.02. The fourth-order valence-corrected chi connectivity index (χ4v) is 1.49. The molecule has 0 N–H and O–H groups in total. The third-order valence-electron chi connectivity index (χ3n) is 2.46. The lowest BCUT2D eigenvalue weighted by Crippen LogP contribution is -1.77. The van der Waals surface area contributed by atoms with E-state index in [-0.39, 0.29) is 0 Å². The van der Waals surface area contributed by atoms with Crippen LogP contribution in [0.5, 0.6) is 0 Å². The highest BCUT2D eigenvalue weighted by atomic mass is 13.9. The summed E-state index contributed by atoms with van der Waals surface area (Å²) in [6.07, 6.45) is 20.4. The molecule has 0 aliphatic heterocycles. The molecule has 1 radical (unpaired) electrons. The normalized spacial score (nSPS) is 11.9. The van der Waals surface area contributed by atoms with Crippen molar-refractivity contribution in [1.29, 1.82) is 0 Å². The largest absolute Gasteiger partial charge is 0.0846 e. The minimum atomic E-state index is 1.10. The van der Waals surface area contributed by atoms with E-state index in [1.165, 1.54) is 51.4 Å². The number of rotatable bonds is 10. The average Bonchev–Trinajstić information content (AvgIpc) is 2.26. The predicted molar refractivity (Wildman–Crippen MR) is 70.9 cm³/mol. The summed E-state index contributed by atoms with van der Waals surface area (Å²) in [5.41, 5.74) is 0. The lowest BCUT2D eigenvalue weighted by Gasteiger charge is -1.97. The quantitative estimate of drug-likeness (QED) is 0.329. The van der Waals surface area contributed by atoms with Crippen LogP contribution in [-0.4, -0.2) is 0 Å². The molecule has 0 aromatic rings. The van der Waals surface area contributed by atoms with Crippen molar-refractivity contribution in [3.05, 3.63) is 31.2 Å². The van der Waals surface area contributed by atoms with Crippen molar-refractivity contribution in [1.82, 2.24) is 0 Å². The fourth-order valence-electron chi connectivity index (χ4n) is 1.49. The standard InChI is InChI=1S/C15H27/c1-3-5-7-9-11-13-15-14-12-10-8-6-4-2/h8,10,12,14H,1,3-7,9,11,13,15H2,2H3. The minimum absolute atomic E-state index is 1.10. The molecule has 0 unspecified atom stereocenters. The van der Waals surface area contributed by atoms with Gasteiger partial charge in [-0.25, -0.2) is 0 Å². The van der Waals surface area contributed by atoms with Gasteiger partial charge in [-0.15, -0.1) is 0 Å². The molecule has 0 rings (SSSR count). The molecule has 0 fully saturated rings. The van der Waals surface area contributed by atoms with Gasteiger partial charge in [-0.1, -0.05) is 76.7 Å². The molecule has 0 atom stereocenters. The Morgan fingerprint density at radius 3 is 2.07 bits per heavy atom. The maximum Gasteiger partial charge on any atom is -0.0348 e. The van der Waals surface area contributed by atoms with Gasteiger partial charge in [0.25, 0.3) is 0 Å². The zero-order valence-electron chi connectivity index (χ0n) is 10.4. The van der Waals surface area contributed by atoms with Gasteiger partial charge in [0.15, 0.2) is 0 Å². The van der Waals surface area contributed by atoms with Crippen LogP contribution in [0.25, 0.3) is 0 Å².